The van der Waals surface area contributed by atoms with E-state index >= 15 is 0 Å². The Morgan fingerprint density at radius 3 is 2.58 bits per heavy atom. The first-order valence-corrected chi connectivity index (χ1v) is 5.86. The number of para-hydroxylation sites is 1. The molecule has 19 heavy (non-hydrogen) atoms. The molecule has 0 aromatic heterocycles. The number of urea groups is 1. The number of nitrogens with zero attached hydrogens (tertiary/aromatic N) is 1. The van der Waals surface area contributed by atoms with E-state index in [0.29, 0.717) is 5.56 Å². The first kappa shape index (κ1) is 15.0. The zero-order valence-corrected chi connectivity index (χ0v) is 11.2. The Morgan fingerprint density at radius 1 is 1.42 bits per heavy atom. The summed E-state index contributed by atoms with van der Waals surface area (Å²) < 4.78 is 0. The van der Waals surface area contributed by atoms with Gasteiger partial charge in [-0.05, 0) is 25.5 Å². The first-order chi connectivity index (χ1) is 8.82. The topological polar surface area (TPSA) is 89.9 Å². The minimum Gasteiger partial charge on any atom is -0.478 e. The van der Waals surface area contributed by atoms with Gasteiger partial charge in [0.15, 0.2) is 0 Å². The van der Waals surface area contributed by atoms with Gasteiger partial charge >= 0.3 is 12.0 Å². The number of hydrogen-bond donors (Lipinski definition) is 3. The smallest absolute Gasteiger partial charge is 0.337 e. The maximum absolute atomic E-state index is 11.9. The number of carboxylic acids is 1. The molecule has 0 spiro atoms. The van der Waals surface area contributed by atoms with Crippen molar-refractivity contribution in [3.63, 3.8) is 0 Å². The standard InChI is InChI=1S/C13H18N2O4/c1-8-5-4-6-10(12(17)18)11(8)14-13(19)15(3)7-9(2)16/h4-6,9,16H,7H2,1-3H3,(H,14,19)(H,17,18). The number of aryl methyl sites for hydroxylation is 1. The molecule has 0 bridgehead atoms. The highest BCUT2D eigenvalue weighted by Crippen LogP contribution is 2.20. The second-order valence-electron chi connectivity index (χ2n) is 4.46. The fourth-order valence-electron chi connectivity index (χ4n) is 1.69. The summed E-state index contributed by atoms with van der Waals surface area (Å²) in [6.45, 7) is 3.46. The molecule has 0 aliphatic rings. The largest absolute Gasteiger partial charge is 0.478 e. The van der Waals surface area contributed by atoms with Gasteiger partial charge in [0, 0.05) is 13.6 Å². The van der Waals surface area contributed by atoms with E-state index in [0.717, 1.165) is 0 Å². The van der Waals surface area contributed by atoms with E-state index in [2.05, 4.69) is 5.32 Å². The number of aromatic carboxylic acids is 1. The predicted molar refractivity (Wildman–Crippen MR) is 71.5 cm³/mol. The molecule has 0 aliphatic carbocycles. The van der Waals surface area contributed by atoms with Crippen LogP contribution in [-0.4, -0.2) is 46.8 Å². The molecule has 0 saturated heterocycles. The van der Waals surface area contributed by atoms with E-state index in [1.165, 1.54) is 18.0 Å². The number of aliphatic hydroxyl groups is 1. The number of amides is 2. The highest BCUT2D eigenvalue weighted by Gasteiger charge is 2.17. The number of aliphatic hydroxyl groups excluding tert-OH is 1. The van der Waals surface area contributed by atoms with Crippen LogP contribution in [0.25, 0.3) is 0 Å². The van der Waals surface area contributed by atoms with Gasteiger partial charge < -0.3 is 20.4 Å². The molecular formula is C13H18N2O4. The highest BCUT2D eigenvalue weighted by molar-refractivity contribution is 6.00. The highest BCUT2D eigenvalue weighted by atomic mass is 16.4. The van der Waals surface area contributed by atoms with Crippen molar-refractivity contribution in [3.05, 3.63) is 29.3 Å². The van der Waals surface area contributed by atoms with E-state index in [9.17, 15) is 14.7 Å². The number of carbonyl (C=O) groups excluding carboxylic acids is 1. The molecule has 0 radical (unpaired) electrons. The third-order valence-corrected chi connectivity index (χ3v) is 2.62. The molecule has 2 amide bonds. The molecule has 1 atom stereocenters. The fourth-order valence-corrected chi connectivity index (χ4v) is 1.69. The summed E-state index contributed by atoms with van der Waals surface area (Å²) >= 11 is 0. The van der Waals surface area contributed by atoms with Crippen molar-refractivity contribution in [2.75, 3.05) is 18.9 Å². The van der Waals surface area contributed by atoms with Crippen molar-refractivity contribution in [3.8, 4) is 0 Å². The molecule has 1 unspecified atom stereocenters. The van der Waals surface area contributed by atoms with Gasteiger partial charge in [0.25, 0.3) is 0 Å². The molecule has 0 saturated carbocycles. The van der Waals surface area contributed by atoms with Crippen LogP contribution in [0, 0.1) is 6.92 Å². The first-order valence-electron chi connectivity index (χ1n) is 5.86. The van der Waals surface area contributed by atoms with E-state index in [4.69, 9.17) is 5.11 Å². The third-order valence-electron chi connectivity index (χ3n) is 2.62. The molecule has 0 fully saturated rings. The summed E-state index contributed by atoms with van der Waals surface area (Å²) in [5.74, 6) is -1.10. The number of carbonyl (C=O) groups is 2. The lowest BCUT2D eigenvalue weighted by Gasteiger charge is -2.20. The fraction of sp³-hybridized carbons (Fsp3) is 0.385. The van der Waals surface area contributed by atoms with Crippen LogP contribution >= 0.6 is 0 Å². The van der Waals surface area contributed by atoms with Crippen molar-refractivity contribution in [1.82, 2.24) is 4.90 Å². The molecule has 0 heterocycles. The maximum atomic E-state index is 11.9. The SMILES string of the molecule is Cc1cccc(C(=O)O)c1NC(=O)N(C)CC(C)O. The van der Waals surface area contributed by atoms with Crippen LogP contribution in [0.1, 0.15) is 22.8 Å². The second kappa shape index (κ2) is 6.19. The van der Waals surface area contributed by atoms with Gasteiger partial charge in [0.1, 0.15) is 0 Å². The lowest BCUT2D eigenvalue weighted by molar-refractivity contribution is 0.0698. The van der Waals surface area contributed by atoms with Crippen molar-refractivity contribution in [1.29, 1.82) is 0 Å². The van der Waals surface area contributed by atoms with Crippen LogP contribution in [0.5, 0.6) is 0 Å². The summed E-state index contributed by atoms with van der Waals surface area (Å²) in [6, 6.07) is 4.31. The lowest BCUT2D eigenvalue weighted by Crippen LogP contribution is -2.36. The number of anilines is 1. The van der Waals surface area contributed by atoms with Crippen molar-refractivity contribution in [2.24, 2.45) is 0 Å². The number of likely N-dealkylation sites (N-methyl/N-ethyl adjacent to an activating group) is 1. The van der Waals surface area contributed by atoms with Gasteiger partial charge in [-0.1, -0.05) is 12.1 Å². The molecular weight excluding hydrogens is 248 g/mol. The van der Waals surface area contributed by atoms with Crippen molar-refractivity contribution in [2.45, 2.75) is 20.0 Å². The van der Waals surface area contributed by atoms with Gasteiger partial charge in [-0.15, -0.1) is 0 Å². The van der Waals surface area contributed by atoms with E-state index in [1.807, 2.05) is 0 Å². The van der Waals surface area contributed by atoms with Crippen LogP contribution in [-0.2, 0) is 0 Å². The van der Waals surface area contributed by atoms with Gasteiger partial charge in [0.05, 0.1) is 17.4 Å². The molecule has 1 rings (SSSR count). The van der Waals surface area contributed by atoms with E-state index in [-0.39, 0.29) is 17.8 Å². The zero-order valence-electron chi connectivity index (χ0n) is 11.2. The Hall–Kier alpha value is -2.08. The molecule has 1 aromatic carbocycles. The average molecular weight is 266 g/mol. The Morgan fingerprint density at radius 2 is 2.05 bits per heavy atom. The minimum absolute atomic E-state index is 0.0406. The summed E-state index contributed by atoms with van der Waals surface area (Å²) in [5.41, 5.74) is 0.981. The second-order valence-corrected chi connectivity index (χ2v) is 4.46. The number of benzene rings is 1. The van der Waals surface area contributed by atoms with Crippen LogP contribution in [0.4, 0.5) is 10.5 Å². The summed E-state index contributed by atoms with van der Waals surface area (Å²) in [6.07, 6.45) is -0.647. The third kappa shape index (κ3) is 3.96. The van der Waals surface area contributed by atoms with Crippen LogP contribution in [0.15, 0.2) is 18.2 Å². The maximum Gasteiger partial charge on any atom is 0.337 e. The summed E-state index contributed by atoms with van der Waals surface area (Å²) in [5, 5.41) is 20.9. The Kier molecular flexibility index (Phi) is 4.88. The zero-order chi connectivity index (χ0) is 14.6. The molecule has 0 aliphatic heterocycles. The normalized spacial score (nSPS) is 11.8. The van der Waals surface area contributed by atoms with E-state index in [1.54, 1.807) is 26.0 Å². The lowest BCUT2D eigenvalue weighted by atomic mass is 10.1. The van der Waals surface area contributed by atoms with Crippen LogP contribution < -0.4 is 5.32 Å². The van der Waals surface area contributed by atoms with Crippen LogP contribution in [0.2, 0.25) is 0 Å². The van der Waals surface area contributed by atoms with Gasteiger partial charge in [-0.25, -0.2) is 9.59 Å². The molecule has 3 N–H and O–H groups in total. The summed E-state index contributed by atoms with van der Waals surface area (Å²) in [7, 11) is 1.53. The quantitative estimate of drug-likeness (QED) is 0.771. The van der Waals surface area contributed by atoms with E-state index < -0.39 is 18.1 Å². The van der Waals surface area contributed by atoms with Gasteiger partial charge in [0.2, 0.25) is 0 Å². The van der Waals surface area contributed by atoms with Gasteiger partial charge in [-0.2, -0.15) is 0 Å². The average Bonchev–Trinajstić information content (AvgIpc) is 2.30. The molecule has 1 aromatic rings. The Labute approximate surface area is 111 Å². The monoisotopic (exact) mass is 266 g/mol. The molecule has 104 valence electrons. The predicted octanol–water partition coefficient (Wildman–Crippen LogP) is 1.54. The Bertz CT molecular complexity index is 486. The number of rotatable bonds is 4. The van der Waals surface area contributed by atoms with Crippen LogP contribution in [0.3, 0.4) is 0 Å². The van der Waals surface area contributed by atoms with Crippen molar-refractivity contribution >= 4 is 17.7 Å². The number of hydrogen-bond acceptors (Lipinski definition) is 3. The number of carboxylic acid groups (broad SMARTS) is 1. The summed E-state index contributed by atoms with van der Waals surface area (Å²) in [4.78, 5) is 24.3. The molecule has 6 nitrogen and oxygen atoms in total. The van der Waals surface area contributed by atoms with Gasteiger partial charge in [-0.3, -0.25) is 0 Å². The number of nitrogens with one attached hydrogen (secondary N) is 1. The Balaban J connectivity index is 2.93. The molecule has 6 heteroatoms. The van der Waals surface area contributed by atoms with Crippen molar-refractivity contribution < 1.29 is 19.8 Å². The minimum atomic E-state index is -1.10.